The van der Waals surface area contributed by atoms with Crippen molar-refractivity contribution in [2.45, 2.75) is 12.6 Å². The van der Waals surface area contributed by atoms with E-state index in [1.165, 1.54) is 18.2 Å². The summed E-state index contributed by atoms with van der Waals surface area (Å²) in [6.45, 7) is 0. The molecule has 0 unspecified atom stereocenters. The maximum absolute atomic E-state index is 13.8. The molecule has 0 fully saturated rings. The van der Waals surface area contributed by atoms with Crippen molar-refractivity contribution in [1.82, 2.24) is 0 Å². The number of nitro groups is 1. The number of nitrogens with zero attached hydrogens (tertiary/aromatic N) is 1. The number of nitrogens with one attached hydrogen (secondary N) is 1. The van der Waals surface area contributed by atoms with E-state index in [4.69, 9.17) is 0 Å². The number of anilines is 1. The lowest BCUT2D eigenvalue weighted by Crippen LogP contribution is -2.16. The standard InChI is InChI=1S/C15H10F4N2O3/c16-11-5-2-6-12(21(23)24)13(11)14(22)20-10-4-1-3-9(7-10)8-15(17,18)19/h1-7H,8H2,(H,20,22). The van der Waals surface area contributed by atoms with E-state index in [0.717, 1.165) is 24.3 Å². The summed E-state index contributed by atoms with van der Waals surface area (Å²) in [5, 5.41) is 13.0. The molecular weight excluding hydrogens is 332 g/mol. The predicted molar refractivity (Wildman–Crippen MR) is 77.2 cm³/mol. The topological polar surface area (TPSA) is 72.2 Å². The number of nitro benzene ring substituents is 1. The molecule has 2 aromatic carbocycles. The highest BCUT2D eigenvalue weighted by Gasteiger charge is 2.28. The molecule has 0 spiro atoms. The van der Waals surface area contributed by atoms with E-state index in [0.29, 0.717) is 0 Å². The number of rotatable bonds is 4. The van der Waals surface area contributed by atoms with Gasteiger partial charge < -0.3 is 5.32 Å². The molecule has 2 aromatic rings. The first-order valence-corrected chi connectivity index (χ1v) is 6.57. The summed E-state index contributed by atoms with van der Waals surface area (Å²) in [7, 11) is 0. The Labute approximate surface area is 133 Å². The molecule has 2 rings (SSSR count). The van der Waals surface area contributed by atoms with Gasteiger partial charge in [0, 0.05) is 11.8 Å². The molecule has 0 aliphatic carbocycles. The molecule has 126 valence electrons. The van der Waals surface area contributed by atoms with Crippen LogP contribution in [0, 0.1) is 15.9 Å². The molecule has 1 N–H and O–H groups in total. The van der Waals surface area contributed by atoms with Crippen molar-refractivity contribution in [2.24, 2.45) is 0 Å². The van der Waals surface area contributed by atoms with Crippen molar-refractivity contribution < 1.29 is 27.3 Å². The fraction of sp³-hybridized carbons (Fsp3) is 0.133. The van der Waals surface area contributed by atoms with Crippen molar-refractivity contribution >= 4 is 17.3 Å². The number of hydrogen-bond acceptors (Lipinski definition) is 3. The van der Waals surface area contributed by atoms with Gasteiger partial charge in [0.15, 0.2) is 5.56 Å². The maximum atomic E-state index is 13.8. The molecular formula is C15H10F4N2O3. The Bertz CT molecular complexity index is 791. The minimum absolute atomic E-state index is 0.0284. The molecule has 0 aliphatic heterocycles. The lowest BCUT2D eigenvalue weighted by molar-refractivity contribution is -0.385. The van der Waals surface area contributed by atoms with E-state index in [1.54, 1.807) is 0 Å². The van der Waals surface area contributed by atoms with Gasteiger partial charge in [-0.3, -0.25) is 14.9 Å². The first kappa shape index (κ1) is 17.4. The lowest BCUT2D eigenvalue weighted by atomic mass is 10.1. The summed E-state index contributed by atoms with van der Waals surface area (Å²) in [5.74, 6) is -2.22. The molecule has 5 nitrogen and oxygen atoms in total. The van der Waals surface area contributed by atoms with Crippen LogP contribution in [0.4, 0.5) is 28.9 Å². The van der Waals surface area contributed by atoms with Gasteiger partial charge in [-0.15, -0.1) is 0 Å². The highest BCUT2D eigenvalue weighted by molar-refractivity contribution is 6.07. The van der Waals surface area contributed by atoms with Crippen LogP contribution in [0.15, 0.2) is 42.5 Å². The van der Waals surface area contributed by atoms with E-state index in [-0.39, 0.29) is 11.3 Å². The fourth-order valence-corrected chi connectivity index (χ4v) is 2.07. The summed E-state index contributed by atoms with van der Waals surface area (Å²) < 4.78 is 50.9. The van der Waals surface area contributed by atoms with Crippen molar-refractivity contribution in [1.29, 1.82) is 0 Å². The van der Waals surface area contributed by atoms with Gasteiger partial charge in [0.05, 0.1) is 11.3 Å². The second kappa shape index (κ2) is 6.65. The molecule has 0 atom stereocenters. The summed E-state index contributed by atoms with van der Waals surface area (Å²) in [4.78, 5) is 22.0. The highest BCUT2D eigenvalue weighted by Crippen LogP contribution is 2.25. The molecule has 0 saturated carbocycles. The van der Waals surface area contributed by atoms with Crippen LogP contribution in [-0.2, 0) is 6.42 Å². The largest absolute Gasteiger partial charge is 0.393 e. The minimum Gasteiger partial charge on any atom is -0.322 e. The highest BCUT2D eigenvalue weighted by atomic mass is 19.4. The molecule has 0 radical (unpaired) electrons. The van der Waals surface area contributed by atoms with Gasteiger partial charge in [-0.05, 0) is 23.8 Å². The zero-order valence-corrected chi connectivity index (χ0v) is 11.9. The van der Waals surface area contributed by atoms with Crippen molar-refractivity contribution in [2.75, 3.05) is 5.32 Å². The molecule has 24 heavy (non-hydrogen) atoms. The van der Waals surface area contributed by atoms with Crippen LogP contribution in [0.3, 0.4) is 0 Å². The minimum atomic E-state index is -4.42. The third-order valence-corrected chi connectivity index (χ3v) is 3.00. The Morgan fingerprint density at radius 3 is 2.46 bits per heavy atom. The summed E-state index contributed by atoms with van der Waals surface area (Å²) in [6.07, 6.45) is -5.62. The van der Waals surface area contributed by atoms with E-state index >= 15 is 0 Å². The van der Waals surface area contributed by atoms with Gasteiger partial charge in [0.1, 0.15) is 5.82 Å². The third-order valence-electron chi connectivity index (χ3n) is 3.00. The second-order valence-corrected chi connectivity index (χ2v) is 4.84. The molecule has 0 saturated heterocycles. The van der Waals surface area contributed by atoms with E-state index in [1.807, 2.05) is 0 Å². The number of carbonyl (C=O) groups excluding carboxylic acids is 1. The number of hydrogen-bond donors (Lipinski definition) is 1. The summed E-state index contributed by atoms with van der Waals surface area (Å²) in [6, 6.07) is 7.78. The quantitative estimate of drug-likeness (QED) is 0.517. The molecule has 0 aliphatic rings. The van der Waals surface area contributed by atoms with Gasteiger partial charge in [-0.2, -0.15) is 13.2 Å². The molecule has 1 amide bonds. The SMILES string of the molecule is O=C(Nc1cccc(CC(F)(F)F)c1)c1c(F)cccc1[N+](=O)[O-]. The molecule has 0 aromatic heterocycles. The third kappa shape index (κ3) is 4.28. The van der Waals surface area contributed by atoms with Gasteiger partial charge in [-0.1, -0.05) is 18.2 Å². The average Bonchev–Trinajstić information content (AvgIpc) is 2.45. The fourth-order valence-electron chi connectivity index (χ4n) is 2.07. The Morgan fingerprint density at radius 1 is 1.17 bits per heavy atom. The predicted octanol–water partition coefficient (Wildman–Crippen LogP) is 4.09. The Balaban J connectivity index is 2.28. The zero-order valence-electron chi connectivity index (χ0n) is 11.9. The number of alkyl halides is 3. The number of halogens is 4. The van der Waals surface area contributed by atoms with Gasteiger partial charge in [0.25, 0.3) is 11.6 Å². The van der Waals surface area contributed by atoms with Crippen molar-refractivity contribution in [3.05, 3.63) is 69.5 Å². The van der Waals surface area contributed by atoms with Crippen LogP contribution in [0.1, 0.15) is 15.9 Å². The van der Waals surface area contributed by atoms with Gasteiger partial charge in [0.2, 0.25) is 0 Å². The van der Waals surface area contributed by atoms with Crippen LogP contribution in [-0.4, -0.2) is 17.0 Å². The monoisotopic (exact) mass is 342 g/mol. The van der Waals surface area contributed by atoms with Crippen LogP contribution in [0.25, 0.3) is 0 Å². The lowest BCUT2D eigenvalue weighted by Gasteiger charge is -2.10. The number of carbonyl (C=O) groups is 1. The normalized spacial score (nSPS) is 11.2. The van der Waals surface area contributed by atoms with Gasteiger partial charge in [-0.25, -0.2) is 4.39 Å². The van der Waals surface area contributed by atoms with Crippen LogP contribution in [0.5, 0.6) is 0 Å². The van der Waals surface area contributed by atoms with Gasteiger partial charge >= 0.3 is 6.18 Å². The molecule has 0 bridgehead atoms. The Morgan fingerprint density at radius 2 is 1.83 bits per heavy atom. The van der Waals surface area contributed by atoms with Crippen LogP contribution < -0.4 is 5.32 Å². The van der Waals surface area contributed by atoms with E-state index < -0.39 is 40.5 Å². The van der Waals surface area contributed by atoms with E-state index in [2.05, 4.69) is 5.32 Å². The Hall–Kier alpha value is -2.97. The first-order valence-electron chi connectivity index (χ1n) is 6.57. The zero-order chi connectivity index (χ0) is 17.9. The number of benzene rings is 2. The number of amides is 1. The molecule has 9 heteroatoms. The van der Waals surface area contributed by atoms with Crippen LogP contribution in [0.2, 0.25) is 0 Å². The second-order valence-electron chi connectivity index (χ2n) is 4.84. The van der Waals surface area contributed by atoms with Crippen LogP contribution >= 0.6 is 0 Å². The van der Waals surface area contributed by atoms with E-state index in [9.17, 15) is 32.5 Å². The molecule has 0 heterocycles. The average molecular weight is 342 g/mol. The summed E-state index contributed by atoms with van der Waals surface area (Å²) in [5.41, 5.74) is -1.66. The van der Waals surface area contributed by atoms with Crippen molar-refractivity contribution in [3.63, 3.8) is 0 Å². The van der Waals surface area contributed by atoms with Crippen molar-refractivity contribution in [3.8, 4) is 0 Å². The Kier molecular flexibility index (Phi) is 4.82. The maximum Gasteiger partial charge on any atom is 0.393 e. The summed E-state index contributed by atoms with van der Waals surface area (Å²) >= 11 is 0. The smallest absolute Gasteiger partial charge is 0.322 e. The first-order chi connectivity index (χ1) is 11.2.